The lowest BCUT2D eigenvalue weighted by molar-refractivity contribution is -0.118. The highest BCUT2D eigenvalue weighted by Gasteiger charge is 2.24. The van der Waals surface area contributed by atoms with E-state index in [1.54, 1.807) is 4.90 Å². The molecular formula is C16H16Cl2N2O3S2. The van der Waals surface area contributed by atoms with Crippen LogP contribution in [0.25, 0.3) is 0 Å². The normalized spacial score (nSPS) is 14.7. The van der Waals surface area contributed by atoms with E-state index in [9.17, 15) is 13.2 Å². The van der Waals surface area contributed by atoms with Crippen molar-refractivity contribution in [3.63, 3.8) is 0 Å². The first-order valence-corrected chi connectivity index (χ1v) is 10.7. The molecule has 0 radical (unpaired) electrons. The van der Waals surface area contributed by atoms with Gasteiger partial charge in [-0.05, 0) is 36.6 Å². The van der Waals surface area contributed by atoms with Crippen LogP contribution >= 0.6 is 34.5 Å². The number of nitrogens with one attached hydrogen (secondary N) is 1. The molecule has 0 aliphatic carbocycles. The fraction of sp³-hybridized carbons (Fsp3) is 0.312. The Morgan fingerprint density at radius 1 is 1.24 bits per heavy atom. The zero-order valence-corrected chi connectivity index (χ0v) is 16.5. The maximum Gasteiger partial charge on any atom is 0.243 e. The first kappa shape index (κ1) is 18.7. The van der Waals surface area contributed by atoms with Gasteiger partial charge in [0.2, 0.25) is 15.9 Å². The number of carbonyl (C=O) groups excluding carboxylic acids is 1. The van der Waals surface area contributed by atoms with Gasteiger partial charge >= 0.3 is 0 Å². The number of aryl methyl sites for hydroxylation is 1. The third-order valence-electron chi connectivity index (χ3n) is 4.04. The molecule has 0 fully saturated rings. The molecule has 25 heavy (non-hydrogen) atoms. The van der Waals surface area contributed by atoms with E-state index in [0.717, 1.165) is 28.2 Å². The maximum absolute atomic E-state index is 12.4. The molecule has 1 amide bonds. The molecule has 1 aliphatic rings. The van der Waals surface area contributed by atoms with E-state index < -0.39 is 10.0 Å². The molecule has 1 N–H and O–H groups in total. The second-order valence-corrected chi connectivity index (χ2v) is 9.64. The van der Waals surface area contributed by atoms with Crippen LogP contribution in [0.5, 0.6) is 0 Å². The summed E-state index contributed by atoms with van der Waals surface area (Å²) in [6.45, 7) is 2.69. The predicted molar refractivity (Wildman–Crippen MR) is 101 cm³/mol. The van der Waals surface area contributed by atoms with Gasteiger partial charge in [-0.1, -0.05) is 35.3 Å². The van der Waals surface area contributed by atoms with Crippen LogP contribution in [0.15, 0.2) is 29.2 Å². The SMILES string of the molecule is CCN1C(=O)CCc2cc(CNS(=O)(=O)c3cc(Cl)sc3Cl)ccc21. The number of thiophene rings is 1. The highest BCUT2D eigenvalue weighted by molar-refractivity contribution is 7.89. The summed E-state index contributed by atoms with van der Waals surface area (Å²) in [5.41, 5.74) is 2.78. The third kappa shape index (κ3) is 3.85. The second-order valence-electron chi connectivity index (χ2n) is 5.61. The van der Waals surface area contributed by atoms with Crippen LogP contribution in [0.3, 0.4) is 0 Å². The Hall–Kier alpha value is -1.12. The molecule has 1 aromatic heterocycles. The molecule has 0 saturated carbocycles. The van der Waals surface area contributed by atoms with Gasteiger partial charge < -0.3 is 4.90 Å². The van der Waals surface area contributed by atoms with Crippen molar-refractivity contribution in [1.29, 1.82) is 0 Å². The summed E-state index contributed by atoms with van der Waals surface area (Å²) in [7, 11) is -3.73. The van der Waals surface area contributed by atoms with E-state index in [2.05, 4.69) is 4.72 Å². The average Bonchev–Trinajstić information content (AvgIpc) is 2.92. The Balaban J connectivity index is 1.78. The zero-order valence-electron chi connectivity index (χ0n) is 13.4. The number of nitrogens with zero attached hydrogens (tertiary/aromatic N) is 1. The highest BCUT2D eigenvalue weighted by Crippen LogP contribution is 2.34. The van der Waals surface area contributed by atoms with E-state index in [1.807, 2.05) is 25.1 Å². The van der Waals surface area contributed by atoms with E-state index in [-0.39, 0.29) is 21.7 Å². The van der Waals surface area contributed by atoms with Crippen LogP contribution in [-0.2, 0) is 27.8 Å². The Bertz CT molecular complexity index is 925. The molecule has 0 bridgehead atoms. The van der Waals surface area contributed by atoms with Crippen molar-refractivity contribution in [3.05, 3.63) is 44.1 Å². The smallest absolute Gasteiger partial charge is 0.243 e. The summed E-state index contributed by atoms with van der Waals surface area (Å²) < 4.78 is 27.7. The van der Waals surface area contributed by atoms with E-state index in [1.165, 1.54) is 6.07 Å². The number of hydrogen-bond acceptors (Lipinski definition) is 4. The van der Waals surface area contributed by atoms with E-state index >= 15 is 0 Å². The highest BCUT2D eigenvalue weighted by atomic mass is 35.5. The fourth-order valence-corrected chi connectivity index (χ4v) is 6.00. The molecule has 0 saturated heterocycles. The van der Waals surface area contributed by atoms with Crippen molar-refractivity contribution < 1.29 is 13.2 Å². The summed E-state index contributed by atoms with van der Waals surface area (Å²) in [6.07, 6.45) is 1.14. The van der Waals surface area contributed by atoms with Crippen molar-refractivity contribution in [2.24, 2.45) is 0 Å². The first-order valence-electron chi connectivity index (χ1n) is 7.68. The standard InChI is InChI=1S/C16H16Cl2N2O3S2/c1-2-20-12-5-3-10(7-11(12)4-6-15(20)21)9-19-25(22,23)13-8-14(17)24-16(13)18/h3,5,7-8,19H,2,4,6,9H2,1H3. The van der Waals surface area contributed by atoms with Gasteiger partial charge in [-0.25, -0.2) is 13.1 Å². The van der Waals surface area contributed by atoms with Crippen LogP contribution in [0.1, 0.15) is 24.5 Å². The molecule has 0 spiro atoms. The molecule has 0 atom stereocenters. The number of amides is 1. The molecule has 2 aromatic rings. The van der Waals surface area contributed by atoms with Crippen LogP contribution in [-0.4, -0.2) is 20.9 Å². The van der Waals surface area contributed by atoms with Crippen molar-refractivity contribution in [2.45, 2.75) is 31.2 Å². The maximum atomic E-state index is 12.4. The summed E-state index contributed by atoms with van der Waals surface area (Å²) in [5.74, 6) is 0.118. The number of rotatable bonds is 5. The van der Waals surface area contributed by atoms with Gasteiger partial charge in [-0.3, -0.25) is 4.79 Å². The lowest BCUT2D eigenvalue weighted by atomic mass is 9.99. The summed E-state index contributed by atoms with van der Waals surface area (Å²) in [6, 6.07) is 6.97. The number of benzene rings is 1. The molecule has 2 heterocycles. The largest absolute Gasteiger partial charge is 0.312 e. The minimum absolute atomic E-state index is 0.00937. The predicted octanol–water partition coefficient (Wildman–Crippen LogP) is 3.83. The monoisotopic (exact) mass is 418 g/mol. The van der Waals surface area contributed by atoms with Gasteiger partial charge in [0, 0.05) is 25.2 Å². The van der Waals surface area contributed by atoms with Crippen LogP contribution < -0.4 is 9.62 Å². The van der Waals surface area contributed by atoms with Crippen LogP contribution in [0.4, 0.5) is 5.69 Å². The molecular weight excluding hydrogens is 403 g/mol. The number of hydrogen-bond donors (Lipinski definition) is 1. The van der Waals surface area contributed by atoms with E-state index in [4.69, 9.17) is 23.2 Å². The Morgan fingerprint density at radius 3 is 2.64 bits per heavy atom. The second kappa shape index (κ2) is 7.25. The molecule has 0 unspecified atom stereocenters. The van der Waals surface area contributed by atoms with Crippen molar-refractivity contribution >= 4 is 56.2 Å². The minimum Gasteiger partial charge on any atom is -0.312 e. The third-order valence-corrected chi connectivity index (χ3v) is 7.20. The van der Waals surface area contributed by atoms with Gasteiger partial charge in [-0.15, -0.1) is 11.3 Å². The number of halogens is 2. The molecule has 1 aliphatic heterocycles. The quantitative estimate of drug-likeness (QED) is 0.801. The summed E-state index contributed by atoms with van der Waals surface area (Å²) in [4.78, 5) is 13.7. The Morgan fingerprint density at radius 2 is 2.00 bits per heavy atom. The van der Waals surface area contributed by atoms with Crippen LogP contribution in [0.2, 0.25) is 8.67 Å². The topological polar surface area (TPSA) is 66.5 Å². The Kier molecular flexibility index (Phi) is 5.41. The lowest BCUT2D eigenvalue weighted by Crippen LogP contribution is -2.34. The van der Waals surface area contributed by atoms with Gasteiger partial charge in [0.25, 0.3) is 0 Å². The number of fused-ring (bicyclic) bond motifs is 1. The number of anilines is 1. The first-order chi connectivity index (χ1) is 11.8. The van der Waals surface area contributed by atoms with Gasteiger partial charge in [0.15, 0.2) is 0 Å². The zero-order chi connectivity index (χ0) is 18.2. The molecule has 1 aromatic carbocycles. The van der Waals surface area contributed by atoms with Gasteiger partial charge in [-0.2, -0.15) is 0 Å². The number of sulfonamides is 1. The van der Waals surface area contributed by atoms with Crippen molar-refractivity contribution in [2.75, 3.05) is 11.4 Å². The van der Waals surface area contributed by atoms with E-state index in [0.29, 0.717) is 23.7 Å². The molecule has 3 rings (SSSR count). The average molecular weight is 419 g/mol. The molecule has 134 valence electrons. The number of carbonyl (C=O) groups is 1. The molecule has 5 nitrogen and oxygen atoms in total. The minimum atomic E-state index is -3.73. The van der Waals surface area contributed by atoms with Crippen molar-refractivity contribution in [3.8, 4) is 0 Å². The van der Waals surface area contributed by atoms with Crippen LogP contribution in [0, 0.1) is 0 Å². The molecule has 9 heteroatoms. The Labute approximate surface area is 160 Å². The van der Waals surface area contributed by atoms with Gasteiger partial charge in [0.05, 0.1) is 4.34 Å². The van der Waals surface area contributed by atoms with Gasteiger partial charge in [0.1, 0.15) is 9.23 Å². The summed E-state index contributed by atoms with van der Waals surface area (Å²) >= 11 is 12.8. The lowest BCUT2D eigenvalue weighted by Gasteiger charge is -2.28. The fourth-order valence-electron chi connectivity index (χ4n) is 2.83. The van der Waals surface area contributed by atoms with Crippen molar-refractivity contribution in [1.82, 2.24) is 4.72 Å². The summed E-state index contributed by atoms with van der Waals surface area (Å²) in [5, 5.41) is 0.